The van der Waals surface area contributed by atoms with Crippen molar-refractivity contribution in [2.24, 2.45) is 0 Å². The number of pyridine rings is 1. The third kappa shape index (κ3) is 2.74. The van der Waals surface area contributed by atoms with Crippen molar-refractivity contribution in [3.63, 3.8) is 0 Å². The van der Waals surface area contributed by atoms with Crippen LogP contribution in [0.4, 0.5) is 5.13 Å². The van der Waals surface area contributed by atoms with E-state index in [0.717, 1.165) is 15.8 Å². The molecule has 1 aliphatic rings. The van der Waals surface area contributed by atoms with E-state index >= 15 is 0 Å². The van der Waals surface area contributed by atoms with E-state index in [1.54, 1.807) is 17.3 Å². The normalized spacial score (nSPS) is 19.1. The van der Waals surface area contributed by atoms with Gasteiger partial charge < -0.3 is 4.74 Å². The topological polar surface area (TPSA) is 55.3 Å². The van der Waals surface area contributed by atoms with Gasteiger partial charge in [-0.05, 0) is 42.0 Å². The summed E-state index contributed by atoms with van der Waals surface area (Å²) in [4.78, 5) is 23.5. The van der Waals surface area contributed by atoms with Crippen LogP contribution in [0.3, 0.4) is 0 Å². The predicted octanol–water partition coefficient (Wildman–Crippen LogP) is 4.23. The highest BCUT2D eigenvalue weighted by Crippen LogP contribution is 2.43. The molecule has 0 radical (unpaired) electrons. The van der Waals surface area contributed by atoms with Crippen molar-refractivity contribution in [1.82, 2.24) is 9.97 Å². The van der Waals surface area contributed by atoms with E-state index in [1.807, 2.05) is 66.7 Å². The third-order valence-electron chi connectivity index (χ3n) is 4.59. The van der Waals surface area contributed by atoms with Gasteiger partial charge in [-0.15, -0.1) is 0 Å². The molecule has 2 aromatic carbocycles. The number of ether oxygens (including phenoxy) is 1. The van der Waals surface area contributed by atoms with Gasteiger partial charge in [-0.3, -0.25) is 14.7 Å². The lowest BCUT2D eigenvalue weighted by Crippen LogP contribution is -2.61. The van der Waals surface area contributed by atoms with E-state index in [0.29, 0.717) is 10.9 Å². The molecule has 2 atom stereocenters. The Kier molecular flexibility index (Phi) is 3.83. The molecule has 27 heavy (non-hydrogen) atoms. The fraction of sp³-hybridized carbons (Fsp3) is 0.0952. The summed E-state index contributed by atoms with van der Waals surface area (Å²) in [5.41, 5.74) is 1.87. The van der Waals surface area contributed by atoms with Gasteiger partial charge in [0.05, 0.1) is 10.2 Å². The van der Waals surface area contributed by atoms with Gasteiger partial charge in [-0.1, -0.05) is 41.7 Å². The molecule has 5 nitrogen and oxygen atoms in total. The van der Waals surface area contributed by atoms with Crippen molar-refractivity contribution in [3.05, 3.63) is 84.7 Å². The Bertz CT molecular complexity index is 1070. The highest BCUT2D eigenvalue weighted by molar-refractivity contribution is 7.22. The summed E-state index contributed by atoms with van der Waals surface area (Å²) in [6, 6.07) is 20.9. The zero-order valence-electron chi connectivity index (χ0n) is 14.2. The highest BCUT2D eigenvalue weighted by Gasteiger charge is 2.52. The van der Waals surface area contributed by atoms with Crippen LogP contribution in [0.25, 0.3) is 10.2 Å². The second-order valence-corrected chi connectivity index (χ2v) is 7.26. The number of benzene rings is 2. The van der Waals surface area contributed by atoms with E-state index in [9.17, 15) is 4.79 Å². The smallest absolute Gasteiger partial charge is 0.273 e. The maximum Gasteiger partial charge on any atom is 0.273 e. The van der Waals surface area contributed by atoms with Crippen molar-refractivity contribution in [2.45, 2.75) is 12.1 Å². The van der Waals surface area contributed by atoms with E-state index in [-0.39, 0.29) is 11.9 Å². The number of carbonyl (C=O) groups excluding carboxylic acids is 1. The van der Waals surface area contributed by atoms with Gasteiger partial charge in [0, 0.05) is 12.4 Å². The van der Waals surface area contributed by atoms with Crippen LogP contribution in [-0.2, 0) is 4.79 Å². The van der Waals surface area contributed by atoms with Crippen LogP contribution in [0.15, 0.2) is 79.1 Å². The number of nitrogens with zero attached hydrogens (tertiary/aromatic N) is 3. The summed E-state index contributed by atoms with van der Waals surface area (Å²) in [5.74, 6) is 0.596. The molecule has 0 saturated carbocycles. The summed E-state index contributed by atoms with van der Waals surface area (Å²) in [7, 11) is 0. The lowest BCUT2D eigenvalue weighted by atomic mass is 9.92. The molecule has 2 unspecified atom stereocenters. The summed E-state index contributed by atoms with van der Waals surface area (Å²) < 4.78 is 7.08. The molecule has 0 aliphatic carbocycles. The van der Waals surface area contributed by atoms with Gasteiger partial charge in [0.1, 0.15) is 11.8 Å². The molecule has 1 fully saturated rings. The zero-order valence-corrected chi connectivity index (χ0v) is 15.0. The van der Waals surface area contributed by atoms with Crippen molar-refractivity contribution < 1.29 is 9.53 Å². The molecule has 1 saturated heterocycles. The number of para-hydroxylation sites is 2. The van der Waals surface area contributed by atoms with Crippen LogP contribution in [0.5, 0.6) is 5.75 Å². The molecule has 3 heterocycles. The van der Waals surface area contributed by atoms with E-state index in [2.05, 4.69) is 9.97 Å². The maximum absolute atomic E-state index is 13.0. The van der Waals surface area contributed by atoms with Crippen LogP contribution >= 0.6 is 11.3 Å². The monoisotopic (exact) mass is 373 g/mol. The number of thiazole rings is 1. The highest BCUT2D eigenvalue weighted by atomic mass is 32.1. The first-order valence-corrected chi connectivity index (χ1v) is 9.43. The average molecular weight is 373 g/mol. The summed E-state index contributed by atoms with van der Waals surface area (Å²) >= 11 is 1.51. The summed E-state index contributed by atoms with van der Waals surface area (Å²) in [6.07, 6.45) is 2.88. The Morgan fingerprint density at radius 3 is 2.44 bits per heavy atom. The van der Waals surface area contributed by atoms with E-state index in [4.69, 9.17) is 4.74 Å². The molecule has 0 spiro atoms. The van der Waals surface area contributed by atoms with Gasteiger partial charge in [-0.25, -0.2) is 4.98 Å². The van der Waals surface area contributed by atoms with Crippen molar-refractivity contribution >= 4 is 32.6 Å². The summed E-state index contributed by atoms with van der Waals surface area (Å²) in [6.45, 7) is 0. The summed E-state index contributed by atoms with van der Waals surface area (Å²) in [5, 5.41) is 0.691. The van der Waals surface area contributed by atoms with Crippen molar-refractivity contribution in [3.8, 4) is 5.75 Å². The standard InChI is InChI=1S/C21H15N3O2S/c25-20-19(26-15-6-2-1-3-7-15)18(14-10-12-22-13-11-14)24(20)21-23-16-8-4-5-9-17(16)27-21/h1-13,18-19H. The van der Waals surface area contributed by atoms with Gasteiger partial charge >= 0.3 is 0 Å². The molecule has 4 aromatic rings. The average Bonchev–Trinajstić information content (AvgIpc) is 3.14. The van der Waals surface area contributed by atoms with Crippen molar-refractivity contribution in [2.75, 3.05) is 4.90 Å². The molecule has 6 heteroatoms. The first-order valence-electron chi connectivity index (χ1n) is 8.61. The molecule has 2 aromatic heterocycles. The molecule has 132 valence electrons. The number of hydrogen-bond acceptors (Lipinski definition) is 5. The zero-order chi connectivity index (χ0) is 18.2. The van der Waals surface area contributed by atoms with Crippen LogP contribution < -0.4 is 9.64 Å². The fourth-order valence-electron chi connectivity index (χ4n) is 3.28. The third-order valence-corrected chi connectivity index (χ3v) is 5.62. The fourth-order valence-corrected chi connectivity index (χ4v) is 4.29. The molecule has 1 aliphatic heterocycles. The van der Waals surface area contributed by atoms with Gasteiger partial charge in [0.2, 0.25) is 6.10 Å². The minimum Gasteiger partial charge on any atom is -0.478 e. The lowest BCUT2D eigenvalue weighted by Gasteiger charge is -2.45. The largest absolute Gasteiger partial charge is 0.478 e. The van der Waals surface area contributed by atoms with E-state index < -0.39 is 6.10 Å². The Labute approximate surface area is 159 Å². The minimum absolute atomic E-state index is 0.0836. The Balaban J connectivity index is 1.53. The second kappa shape index (κ2) is 6.48. The number of carbonyl (C=O) groups is 1. The number of β-lactam (4-membered cyclic amide) rings is 1. The lowest BCUT2D eigenvalue weighted by molar-refractivity contribution is -0.135. The van der Waals surface area contributed by atoms with Crippen LogP contribution in [-0.4, -0.2) is 22.0 Å². The first kappa shape index (κ1) is 16.0. The molecule has 0 N–H and O–H groups in total. The number of rotatable bonds is 4. The Morgan fingerprint density at radius 2 is 1.67 bits per heavy atom. The SMILES string of the molecule is O=C1C(Oc2ccccc2)C(c2ccncc2)N1c1nc2ccccc2s1. The molecule has 1 amide bonds. The van der Waals surface area contributed by atoms with Crippen molar-refractivity contribution in [1.29, 1.82) is 0 Å². The van der Waals surface area contributed by atoms with Crippen LogP contribution in [0.2, 0.25) is 0 Å². The maximum atomic E-state index is 13.0. The van der Waals surface area contributed by atoms with Gasteiger partial charge in [0.25, 0.3) is 5.91 Å². The number of hydrogen-bond donors (Lipinski definition) is 0. The van der Waals surface area contributed by atoms with E-state index in [1.165, 1.54) is 11.3 Å². The Hall–Kier alpha value is -3.25. The quantitative estimate of drug-likeness (QED) is 0.503. The number of amides is 1. The second-order valence-electron chi connectivity index (χ2n) is 6.25. The Morgan fingerprint density at radius 1 is 0.926 bits per heavy atom. The minimum atomic E-state index is -0.582. The molecule has 0 bridgehead atoms. The van der Waals surface area contributed by atoms with Crippen LogP contribution in [0.1, 0.15) is 11.6 Å². The number of fused-ring (bicyclic) bond motifs is 1. The molecule has 5 rings (SSSR count). The molecular formula is C21H15N3O2S. The van der Waals surface area contributed by atoms with Gasteiger partial charge in [0.15, 0.2) is 5.13 Å². The predicted molar refractivity (Wildman–Crippen MR) is 105 cm³/mol. The number of anilines is 1. The first-order chi connectivity index (χ1) is 13.3. The van der Waals surface area contributed by atoms with Gasteiger partial charge in [-0.2, -0.15) is 0 Å². The van der Waals surface area contributed by atoms with Crippen LogP contribution in [0, 0.1) is 0 Å². The molecular weight excluding hydrogens is 358 g/mol. The number of aromatic nitrogens is 2.